The molecule has 0 spiro atoms. The molecule has 2 aliphatic carbocycles. The predicted octanol–water partition coefficient (Wildman–Crippen LogP) is 9.84. The normalized spacial score (nSPS) is 19.5. The zero-order chi connectivity index (χ0) is 27.2. The van der Waals surface area contributed by atoms with E-state index in [2.05, 4.69) is 119 Å². The molecule has 200 valence electrons. The van der Waals surface area contributed by atoms with E-state index in [1.807, 2.05) is 0 Å². The zero-order valence-corrected chi connectivity index (χ0v) is 24.3. The minimum absolute atomic E-state index is 0.223. The first-order chi connectivity index (χ1) is 18.9. The molecule has 0 bridgehead atoms. The molecule has 0 saturated heterocycles. The SMILES string of the molecule is Cc1ccc(C)c(C2=C(CC(=NCCc3ccc(C)cc3C3(C)CC=CCC3)c3ccccc3)C=CCC2)c1. The van der Waals surface area contributed by atoms with Crippen LogP contribution in [0.5, 0.6) is 0 Å². The number of aliphatic imine (C=N–C) groups is 1. The summed E-state index contributed by atoms with van der Waals surface area (Å²) in [6.07, 6.45) is 17.0. The molecule has 1 heteroatoms. The van der Waals surface area contributed by atoms with E-state index in [0.29, 0.717) is 0 Å². The fourth-order valence-corrected chi connectivity index (χ4v) is 6.30. The van der Waals surface area contributed by atoms with Crippen molar-refractivity contribution in [1.29, 1.82) is 0 Å². The Labute approximate surface area is 236 Å². The van der Waals surface area contributed by atoms with Crippen LogP contribution >= 0.6 is 0 Å². The first kappa shape index (κ1) is 27.1. The summed E-state index contributed by atoms with van der Waals surface area (Å²) in [6.45, 7) is 9.92. The molecule has 0 heterocycles. The summed E-state index contributed by atoms with van der Waals surface area (Å²) < 4.78 is 0. The molecule has 0 N–H and O–H groups in total. The summed E-state index contributed by atoms with van der Waals surface area (Å²) in [5.74, 6) is 0. The number of hydrogen-bond acceptors (Lipinski definition) is 1. The third-order valence-electron chi connectivity index (χ3n) is 8.65. The molecule has 0 aromatic heterocycles. The third-order valence-corrected chi connectivity index (χ3v) is 8.65. The fraction of sp³-hybridized carbons (Fsp3) is 0.342. The highest BCUT2D eigenvalue weighted by Crippen LogP contribution is 2.39. The van der Waals surface area contributed by atoms with E-state index in [9.17, 15) is 0 Å². The lowest BCUT2D eigenvalue weighted by Gasteiger charge is -2.33. The van der Waals surface area contributed by atoms with Crippen LogP contribution in [0.1, 0.15) is 84.4 Å². The lowest BCUT2D eigenvalue weighted by atomic mass is 9.71. The molecule has 0 fully saturated rings. The smallest absolute Gasteiger partial charge is 0.0464 e. The van der Waals surface area contributed by atoms with Crippen molar-refractivity contribution in [2.24, 2.45) is 4.99 Å². The highest BCUT2D eigenvalue weighted by molar-refractivity contribution is 6.03. The van der Waals surface area contributed by atoms with Gasteiger partial charge in [-0.05, 0) is 104 Å². The van der Waals surface area contributed by atoms with E-state index >= 15 is 0 Å². The molecule has 0 aliphatic heterocycles. The summed E-state index contributed by atoms with van der Waals surface area (Å²) in [5, 5.41) is 0. The first-order valence-corrected chi connectivity index (χ1v) is 14.7. The van der Waals surface area contributed by atoms with E-state index < -0.39 is 0 Å². The summed E-state index contributed by atoms with van der Waals surface area (Å²) in [5.41, 5.74) is 14.0. The minimum Gasteiger partial charge on any atom is -0.288 e. The Morgan fingerprint density at radius 2 is 1.64 bits per heavy atom. The quantitative estimate of drug-likeness (QED) is 0.210. The summed E-state index contributed by atoms with van der Waals surface area (Å²) in [7, 11) is 0. The van der Waals surface area contributed by atoms with Gasteiger partial charge in [0, 0.05) is 18.7 Å². The molecule has 2 aliphatic rings. The van der Waals surface area contributed by atoms with Gasteiger partial charge in [0.25, 0.3) is 0 Å². The molecule has 0 radical (unpaired) electrons. The third kappa shape index (κ3) is 6.41. The van der Waals surface area contributed by atoms with Gasteiger partial charge in [-0.2, -0.15) is 0 Å². The second-order valence-electron chi connectivity index (χ2n) is 11.8. The van der Waals surface area contributed by atoms with Gasteiger partial charge in [-0.25, -0.2) is 0 Å². The maximum atomic E-state index is 5.32. The molecular weight excluding hydrogens is 470 g/mol. The molecule has 3 aromatic carbocycles. The van der Waals surface area contributed by atoms with Crippen LogP contribution in [0.4, 0.5) is 0 Å². The molecule has 1 atom stereocenters. The largest absolute Gasteiger partial charge is 0.288 e. The number of aryl methyl sites for hydroxylation is 3. The van der Waals surface area contributed by atoms with Crippen LogP contribution in [0.2, 0.25) is 0 Å². The lowest BCUT2D eigenvalue weighted by Crippen LogP contribution is -2.25. The average Bonchev–Trinajstić information content (AvgIpc) is 2.96. The van der Waals surface area contributed by atoms with Gasteiger partial charge in [0.1, 0.15) is 0 Å². The van der Waals surface area contributed by atoms with Gasteiger partial charge in [-0.15, -0.1) is 0 Å². The van der Waals surface area contributed by atoms with E-state index in [0.717, 1.165) is 38.6 Å². The van der Waals surface area contributed by atoms with E-state index in [1.165, 1.54) is 68.6 Å². The highest BCUT2D eigenvalue weighted by Gasteiger charge is 2.29. The predicted molar refractivity (Wildman–Crippen MR) is 169 cm³/mol. The average molecular weight is 514 g/mol. The van der Waals surface area contributed by atoms with Crippen molar-refractivity contribution in [3.8, 4) is 0 Å². The molecule has 0 amide bonds. The zero-order valence-electron chi connectivity index (χ0n) is 24.3. The van der Waals surface area contributed by atoms with Crippen LogP contribution in [-0.4, -0.2) is 12.3 Å². The van der Waals surface area contributed by atoms with Gasteiger partial charge in [0.05, 0.1) is 0 Å². The molecule has 39 heavy (non-hydrogen) atoms. The van der Waals surface area contributed by atoms with Crippen LogP contribution in [-0.2, 0) is 11.8 Å². The maximum absolute atomic E-state index is 5.32. The Balaban J connectivity index is 1.46. The van der Waals surface area contributed by atoms with Crippen LogP contribution in [0.3, 0.4) is 0 Å². The molecular formula is C38H43N. The standard InChI is InChI=1S/C38H43N/c1-28-17-19-30(3)35(25-28)34-16-10-9-15-33(34)27-37(32-13-7-5-8-14-32)39-24-21-31-20-18-29(2)26-36(31)38(4)22-11-6-12-23-38/h5-9,11,13-15,17-20,25-26H,10,12,16,21-24,27H2,1-4H3. The van der Waals surface area contributed by atoms with Crippen molar-refractivity contribution in [2.75, 3.05) is 6.54 Å². The van der Waals surface area contributed by atoms with Gasteiger partial charge in [0.15, 0.2) is 0 Å². The highest BCUT2D eigenvalue weighted by atomic mass is 14.7. The lowest BCUT2D eigenvalue weighted by molar-refractivity contribution is 0.424. The second kappa shape index (κ2) is 12.2. The van der Waals surface area contributed by atoms with Crippen molar-refractivity contribution >= 4 is 11.3 Å². The Kier molecular flexibility index (Phi) is 8.46. The molecule has 3 aromatic rings. The summed E-state index contributed by atoms with van der Waals surface area (Å²) >= 11 is 0. The van der Waals surface area contributed by atoms with Gasteiger partial charge in [-0.1, -0.05) is 109 Å². The number of hydrogen-bond donors (Lipinski definition) is 0. The van der Waals surface area contributed by atoms with E-state index in [1.54, 1.807) is 0 Å². The van der Waals surface area contributed by atoms with Crippen molar-refractivity contribution in [3.05, 3.63) is 136 Å². The number of rotatable bonds is 8. The Morgan fingerprint density at radius 3 is 2.44 bits per heavy atom. The van der Waals surface area contributed by atoms with Crippen molar-refractivity contribution in [1.82, 2.24) is 0 Å². The second-order valence-corrected chi connectivity index (χ2v) is 11.8. The van der Waals surface area contributed by atoms with Crippen molar-refractivity contribution in [3.63, 3.8) is 0 Å². The Hall–Kier alpha value is -3.45. The van der Waals surface area contributed by atoms with Crippen molar-refractivity contribution in [2.45, 2.75) is 78.1 Å². The summed E-state index contributed by atoms with van der Waals surface area (Å²) in [4.78, 5) is 5.32. The van der Waals surface area contributed by atoms with E-state index in [4.69, 9.17) is 4.99 Å². The molecule has 5 rings (SSSR count). The number of allylic oxidation sites excluding steroid dienone is 6. The first-order valence-electron chi connectivity index (χ1n) is 14.7. The van der Waals surface area contributed by atoms with E-state index in [-0.39, 0.29) is 5.41 Å². The Morgan fingerprint density at radius 1 is 0.846 bits per heavy atom. The molecule has 1 nitrogen and oxygen atoms in total. The number of nitrogens with zero attached hydrogens (tertiary/aromatic N) is 1. The Bertz CT molecular complexity index is 1430. The van der Waals surface area contributed by atoms with Crippen LogP contribution < -0.4 is 0 Å². The minimum atomic E-state index is 0.223. The molecule has 1 unspecified atom stereocenters. The summed E-state index contributed by atoms with van der Waals surface area (Å²) in [6, 6.07) is 24.7. The van der Waals surface area contributed by atoms with Crippen LogP contribution in [0.15, 0.2) is 102 Å². The van der Waals surface area contributed by atoms with Crippen LogP contribution in [0.25, 0.3) is 5.57 Å². The topological polar surface area (TPSA) is 12.4 Å². The van der Waals surface area contributed by atoms with Gasteiger partial charge >= 0.3 is 0 Å². The van der Waals surface area contributed by atoms with Gasteiger partial charge in [-0.3, -0.25) is 4.99 Å². The molecule has 0 saturated carbocycles. The monoisotopic (exact) mass is 513 g/mol. The fourth-order valence-electron chi connectivity index (χ4n) is 6.30. The van der Waals surface area contributed by atoms with Crippen LogP contribution in [0, 0.1) is 20.8 Å². The van der Waals surface area contributed by atoms with Gasteiger partial charge < -0.3 is 0 Å². The number of benzene rings is 3. The van der Waals surface area contributed by atoms with Gasteiger partial charge in [0.2, 0.25) is 0 Å². The van der Waals surface area contributed by atoms with Crippen molar-refractivity contribution < 1.29 is 0 Å². The maximum Gasteiger partial charge on any atom is 0.0464 e.